The van der Waals surface area contributed by atoms with Gasteiger partial charge in [-0.3, -0.25) is 0 Å². The van der Waals surface area contributed by atoms with Gasteiger partial charge in [0, 0.05) is 17.4 Å². The Kier molecular flexibility index (Phi) is 3.99. The Bertz CT molecular complexity index is 1010. The molecule has 0 aliphatic heterocycles. The van der Waals surface area contributed by atoms with Crippen LogP contribution in [-0.2, 0) is 0 Å². The molecule has 124 valence electrons. The molecule has 0 amide bonds. The molecule has 2 N–H and O–H groups in total. The maximum atomic E-state index is 13.3. The summed E-state index contributed by atoms with van der Waals surface area (Å²) in [5, 5.41) is 7.01. The lowest BCUT2D eigenvalue weighted by atomic mass is 10.3. The summed E-state index contributed by atoms with van der Waals surface area (Å²) in [6.45, 7) is 1.92. The summed E-state index contributed by atoms with van der Waals surface area (Å²) >= 11 is 1.56. The second-order valence-electron chi connectivity index (χ2n) is 5.47. The SMILES string of the molecule is Cc1cnc(Nc2cccc(F)c2)nc1Nc1nc2ccccc2s1. The van der Waals surface area contributed by atoms with Gasteiger partial charge >= 0.3 is 0 Å². The Morgan fingerprint density at radius 2 is 1.88 bits per heavy atom. The van der Waals surface area contributed by atoms with E-state index in [1.165, 1.54) is 12.1 Å². The van der Waals surface area contributed by atoms with Crippen molar-refractivity contribution in [1.29, 1.82) is 0 Å². The van der Waals surface area contributed by atoms with Crippen molar-refractivity contribution in [3.63, 3.8) is 0 Å². The molecule has 7 heteroatoms. The van der Waals surface area contributed by atoms with Crippen molar-refractivity contribution in [1.82, 2.24) is 15.0 Å². The van der Waals surface area contributed by atoms with Gasteiger partial charge in [0.2, 0.25) is 5.95 Å². The lowest BCUT2D eigenvalue weighted by Gasteiger charge is -2.09. The molecule has 0 saturated heterocycles. The van der Waals surface area contributed by atoms with Gasteiger partial charge in [-0.25, -0.2) is 14.4 Å². The van der Waals surface area contributed by atoms with Crippen LogP contribution in [0.1, 0.15) is 5.56 Å². The first-order valence-electron chi connectivity index (χ1n) is 7.66. The van der Waals surface area contributed by atoms with Crippen molar-refractivity contribution in [3.05, 3.63) is 66.1 Å². The number of benzene rings is 2. The Balaban J connectivity index is 1.60. The first-order valence-corrected chi connectivity index (χ1v) is 8.48. The Hall–Kier alpha value is -3.06. The fraction of sp³-hybridized carbons (Fsp3) is 0.0556. The third-order valence-corrected chi connectivity index (χ3v) is 4.52. The van der Waals surface area contributed by atoms with E-state index < -0.39 is 0 Å². The largest absolute Gasteiger partial charge is 0.324 e. The lowest BCUT2D eigenvalue weighted by molar-refractivity contribution is 0.628. The number of aromatic nitrogens is 3. The van der Waals surface area contributed by atoms with E-state index in [-0.39, 0.29) is 5.82 Å². The van der Waals surface area contributed by atoms with Crippen LogP contribution in [-0.4, -0.2) is 15.0 Å². The predicted octanol–water partition coefficient (Wildman–Crippen LogP) is 5.02. The van der Waals surface area contributed by atoms with E-state index in [9.17, 15) is 4.39 Å². The third-order valence-electron chi connectivity index (χ3n) is 3.57. The molecule has 4 rings (SSSR count). The second-order valence-corrected chi connectivity index (χ2v) is 6.50. The van der Waals surface area contributed by atoms with Crippen LogP contribution in [0.15, 0.2) is 54.7 Å². The minimum Gasteiger partial charge on any atom is -0.324 e. The number of nitrogens with zero attached hydrogens (tertiary/aromatic N) is 3. The van der Waals surface area contributed by atoms with Gasteiger partial charge in [0.05, 0.1) is 10.2 Å². The normalized spacial score (nSPS) is 10.8. The Labute approximate surface area is 147 Å². The smallest absolute Gasteiger partial charge is 0.229 e. The molecule has 0 radical (unpaired) electrons. The zero-order valence-corrected chi connectivity index (χ0v) is 14.1. The van der Waals surface area contributed by atoms with Crippen LogP contribution in [0.4, 0.5) is 27.0 Å². The number of nitrogens with one attached hydrogen (secondary N) is 2. The van der Waals surface area contributed by atoms with E-state index in [4.69, 9.17) is 0 Å². The first-order chi connectivity index (χ1) is 12.2. The molecule has 2 aromatic heterocycles. The van der Waals surface area contributed by atoms with E-state index in [0.29, 0.717) is 17.5 Å². The summed E-state index contributed by atoms with van der Waals surface area (Å²) in [5.41, 5.74) is 2.43. The van der Waals surface area contributed by atoms with Crippen LogP contribution in [0, 0.1) is 12.7 Å². The summed E-state index contributed by atoms with van der Waals surface area (Å²) in [5.74, 6) is 0.734. The number of anilines is 4. The van der Waals surface area contributed by atoms with E-state index in [1.807, 2.05) is 31.2 Å². The minimum atomic E-state index is -0.315. The van der Waals surface area contributed by atoms with E-state index in [0.717, 1.165) is 20.9 Å². The van der Waals surface area contributed by atoms with Crippen molar-refractivity contribution < 1.29 is 4.39 Å². The van der Waals surface area contributed by atoms with E-state index >= 15 is 0 Å². The quantitative estimate of drug-likeness (QED) is 0.540. The average Bonchev–Trinajstić information content (AvgIpc) is 3.00. The molecule has 2 heterocycles. The monoisotopic (exact) mass is 351 g/mol. The van der Waals surface area contributed by atoms with Crippen LogP contribution < -0.4 is 10.6 Å². The highest BCUT2D eigenvalue weighted by molar-refractivity contribution is 7.22. The molecule has 0 bridgehead atoms. The third kappa shape index (κ3) is 3.41. The molecule has 0 atom stereocenters. The highest BCUT2D eigenvalue weighted by Crippen LogP contribution is 2.28. The van der Waals surface area contributed by atoms with Gasteiger partial charge in [-0.1, -0.05) is 29.5 Å². The van der Waals surface area contributed by atoms with Crippen molar-refractivity contribution in [2.24, 2.45) is 0 Å². The zero-order valence-electron chi connectivity index (χ0n) is 13.3. The molecular weight excluding hydrogens is 337 g/mol. The molecule has 0 aliphatic rings. The average molecular weight is 351 g/mol. The van der Waals surface area contributed by atoms with Gasteiger partial charge in [0.15, 0.2) is 5.13 Å². The Morgan fingerprint density at radius 3 is 2.72 bits per heavy atom. The maximum Gasteiger partial charge on any atom is 0.229 e. The summed E-state index contributed by atoms with van der Waals surface area (Å²) in [4.78, 5) is 13.3. The van der Waals surface area contributed by atoms with Crippen molar-refractivity contribution >= 4 is 44.1 Å². The summed E-state index contributed by atoms with van der Waals surface area (Å²) < 4.78 is 14.4. The van der Waals surface area contributed by atoms with Crippen LogP contribution in [0.2, 0.25) is 0 Å². The molecule has 2 aromatic carbocycles. The number of aryl methyl sites for hydroxylation is 1. The summed E-state index contributed by atoms with van der Waals surface area (Å²) in [7, 11) is 0. The fourth-order valence-corrected chi connectivity index (χ4v) is 3.22. The van der Waals surface area contributed by atoms with Crippen LogP contribution >= 0.6 is 11.3 Å². The van der Waals surface area contributed by atoms with Gasteiger partial charge in [0.25, 0.3) is 0 Å². The van der Waals surface area contributed by atoms with Gasteiger partial charge in [-0.15, -0.1) is 0 Å². The molecule has 0 spiro atoms. The molecule has 0 unspecified atom stereocenters. The first kappa shape index (κ1) is 15.5. The number of rotatable bonds is 4. The molecule has 0 fully saturated rings. The minimum absolute atomic E-state index is 0.315. The Morgan fingerprint density at radius 1 is 1.00 bits per heavy atom. The van der Waals surface area contributed by atoms with Crippen LogP contribution in [0.25, 0.3) is 10.2 Å². The zero-order chi connectivity index (χ0) is 17.2. The summed E-state index contributed by atoms with van der Waals surface area (Å²) in [6, 6.07) is 14.1. The number of hydrogen-bond donors (Lipinski definition) is 2. The fourth-order valence-electron chi connectivity index (χ4n) is 2.35. The molecule has 4 aromatic rings. The van der Waals surface area contributed by atoms with Gasteiger partial charge in [0.1, 0.15) is 11.6 Å². The van der Waals surface area contributed by atoms with Crippen LogP contribution in [0.3, 0.4) is 0 Å². The highest BCUT2D eigenvalue weighted by Gasteiger charge is 2.08. The molecule has 0 saturated carbocycles. The lowest BCUT2D eigenvalue weighted by Crippen LogP contribution is -2.02. The molecule has 5 nitrogen and oxygen atoms in total. The van der Waals surface area contributed by atoms with E-state index in [2.05, 4.69) is 25.6 Å². The maximum absolute atomic E-state index is 13.3. The standard InChI is InChI=1S/C18H14FN5S/c1-11-10-20-17(21-13-6-4-5-12(19)9-13)23-16(11)24-18-22-14-7-2-3-8-15(14)25-18/h2-10H,1H3,(H2,20,21,22,23,24). The number of thiazole rings is 1. The summed E-state index contributed by atoms with van der Waals surface area (Å²) in [6.07, 6.45) is 1.71. The van der Waals surface area contributed by atoms with Crippen molar-refractivity contribution in [2.45, 2.75) is 6.92 Å². The number of fused-ring (bicyclic) bond motifs is 1. The van der Waals surface area contributed by atoms with Crippen LogP contribution in [0.5, 0.6) is 0 Å². The number of halogens is 1. The second kappa shape index (κ2) is 6.45. The van der Waals surface area contributed by atoms with Gasteiger partial charge < -0.3 is 10.6 Å². The molecule has 25 heavy (non-hydrogen) atoms. The molecule has 0 aliphatic carbocycles. The number of hydrogen-bond acceptors (Lipinski definition) is 6. The van der Waals surface area contributed by atoms with Crippen molar-refractivity contribution in [2.75, 3.05) is 10.6 Å². The number of para-hydroxylation sites is 1. The predicted molar refractivity (Wildman–Crippen MR) is 99.4 cm³/mol. The molecular formula is C18H14FN5S. The topological polar surface area (TPSA) is 62.7 Å². The van der Waals surface area contributed by atoms with Gasteiger partial charge in [-0.2, -0.15) is 4.98 Å². The van der Waals surface area contributed by atoms with E-state index in [1.54, 1.807) is 29.7 Å². The van der Waals surface area contributed by atoms with Crippen molar-refractivity contribution in [3.8, 4) is 0 Å². The van der Waals surface area contributed by atoms with Gasteiger partial charge in [-0.05, 0) is 37.3 Å². The highest BCUT2D eigenvalue weighted by atomic mass is 32.1.